The topological polar surface area (TPSA) is 119 Å². The highest BCUT2D eigenvalue weighted by Crippen LogP contribution is 2.20. The summed E-state index contributed by atoms with van der Waals surface area (Å²) in [7, 11) is 0. The van der Waals surface area contributed by atoms with Crippen LogP contribution in [-0.2, 0) is 16.1 Å². The van der Waals surface area contributed by atoms with Crippen LogP contribution in [0, 0.1) is 0 Å². The zero-order chi connectivity index (χ0) is 15.2. The maximum atomic E-state index is 12.0. The summed E-state index contributed by atoms with van der Waals surface area (Å²) in [5.41, 5.74) is 12.1. The minimum Gasteiger partial charge on any atom is -0.364 e. The Hall–Kier alpha value is -2.12. The Morgan fingerprint density at radius 2 is 1.95 bits per heavy atom. The third-order valence-corrected chi connectivity index (χ3v) is 3.35. The first-order valence-corrected chi connectivity index (χ1v) is 6.87. The fourth-order valence-corrected chi connectivity index (χ4v) is 2.19. The van der Waals surface area contributed by atoms with Gasteiger partial charge in [0, 0.05) is 18.8 Å². The van der Waals surface area contributed by atoms with E-state index >= 15 is 0 Å². The first-order valence-electron chi connectivity index (χ1n) is 6.87. The number of primary amides is 1. The van der Waals surface area contributed by atoms with Gasteiger partial charge in [0.25, 0.3) is 5.91 Å². The largest absolute Gasteiger partial charge is 0.364 e. The Morgan fingerprint density at radius 1 is 1.24 bits per heavy atom. The van der Waals surface area contributed by atoms with Crippen LogP contribution in [0.5, 0.6) is 0 Å². The molecule has 1 aliphatic rings. The third kappa shape index (κ3) is 4.44. The molecule has 7 heteroatoms. The van der Waals surface area contributed by atoms with E-state index in [1.165, 1.54) is 0 Å². The van der Waals surface area contributed by atoms with Crippen molar-refractivity contribution in [2.45, 2.75) is 31.6 Å². The van der Waals surface area contributed by atoms with Gasteiger partial charge in [-0.25, -0.2) is 4.79 Å². The van der Waals surface area contributed by atoms with Crippen molar-refractivity contribution in [3.05, 3.63) is 29.8 Å². The van der Waals surface area contributed by atoms with E-state index in [0.29, 0.717) is 25.2 Å². The lowest BCUT2D eigenvalue weighted by molar-refractivity contribution is -0.126. The zero-order valence-electron chi connectivity index (χ0n) is 11.7. The van der Waals surface area contributed by atoms with Crippen LogP contribution in [0.25, 0.3) is 0 Å². The molecule has 3 amide bonds. The number of hydrogen-bond acceptors (Lipinski definition) is 4. The van der Waals surface area contributed by atoms with Gasteiger partial charge in [-0.15, -0.1) is 0 Å². The first kappa shape index (κ1) is 15.3. The normalized spacial score (nSPS) is 21.0. The van der Waals surface area contributed by atoms with E-state index in [-0.39, 0.29) is 12.0 Å². The minimum absolute atomic E-state index is 0.0250. The lowest BCUT2D eigenvalue weighted by Crippen LogP contribution is -2.30. The molecule has 1 saturated heterocycles. The molecule has 2 rings (SSSR count). The van der Waals surface area contributed by atoms with Crippen LogP contribution < -0.4 is 22.1 Å². The van der Waals surface area contributed by atoms with Crippen LogP contribution in [0.15, 0.2) is 24.3 Å². The number of nitrogens with two attached hydrogens (primary N) is 2. The summed E-state index contributed by atoms with van der Waals surface area (Å²) in [6.07, 6.45) is 1.04. The average Bonchev–Trinajstić information content (AvgIpc) is 2.95. The van der Waals surface area contributed by atoms with E-state index in [9.17, 15) is 9.59 Å². The van der Waals surface area contributed by atoms with Gasteiger partial charge < -0.3 is 26.8 Å². The number of urea groups is 1. The van der Waals surface area contributed by atoms with Crippen molar-refractivity contribution in [1.29, 1.82) is 0 Å². The Morgan fingerprint density at radius 3 is 2.52 bits per heavy atom. The van der Waals surface area contributed by atoms with Crippen LogP contribution >= 0.6 is 0 Å². The van der Waals surface area contributed by atoms with Gasteiger partial charge in [-0.2, -0.15) is 0 Å². The molecular formula is C14H20N4O3. The second-order valence-corrected chi connectivity index (χ2v) is 4.96. The van der Waals surface area contributed by atoms with Crippen LogP contribution in [-0.4, -0.2) is 30.7 Å². The lowest BCUT2D eigenvalue weighted by atomic mass is 10.1. The highest BCUT2D eigenvalue weighted by Gasteiger charge is 2.29. The molecule has 0 aromatic heterocycles. The summed E-state index contributed by atoms with van der Waals surface area (Å²) in [5, 5.41) is 5.30. The number of nitrogens with one attached hydrogen (secondary N) is 2. The van der Waals surface area contributed by atoms with Crippen LogP contribution in [0.4, 0.5) is 10.5 Å². The molecule has 2 atom stereocenters. The first-order chi connectivity index (χ1) is 10.1. The highest BCUT2D eigenvalue weighted by molar-refractivity contribution is 5.94. The average molecular weight is 292 g/mol. The molecule has 1 heterocycles. The van der Waals surface area contributed by atoms with Gasteiger partial charge in [0.15, 0.2) is 0 Å². The van der Waals surface area contributed by atoms with Gasteiger partial charge in [0.2, 0.25) is 0 Å². The van der Waals surface area contributed by atoms with Gasteiger partial charge in [-0.3, -0.25) is 4.79 Å². The summed E-state index contributed by atoms with van der Waals surface area (Å²) in [4.78, 5) is 22.6. The van der Waals surface area contributed by atoms with Gasteiger partial charge >= 0.3 is 6.03 Å². The molecule has 0 radical (unpaired) electrons. The summed E-state index contributed by atoms with van der Waals surface area (Å²) in [6.45, 7) is 0.790. The van der Waals surface area contributed by atoms with E-state index in [2.05, 4.69) is 10.6 Å². The minimum atomic E-state index is -0.569. The molecule has 0 spiro atoms. The SMILES string of the molecule is NC[C@H]1CC[C@@H](C(=O)Nc2ccc(CNC(N)=O)cc2)O1. The van der Waals surface area contributed by atoms with Crippen molar-refractivity contribution in [3.8, 4) is 0 Å². The number of anilines is 1. The highest BCUT2D eigenvalue weighted by atomic mass is 16.5. The van der Waals surface area contributed by atoms with Crippen molar-refractivity contribution < 1.29 is 14.3 Å². The van der Waals surface area contributed by atoms with E-state index < -0.39 is 12.1 Å². The molecule has 114 valence electrons. The summed E-state index contributed by atoms with van der Waals surface area (Å²) in [5.74, 6) is -0.158. The molecule has 0 aliphatic carbocycles. The van der Waals surface area contributed by atoms with Crippen molar-refractivity contribution in [3.63, 3.8) is 0 Å². The lowest BCUT2D eigenvalue weighted by Gasteiger charge is -2.13. The second-order valence-electron chi connectivity index (χ2n) is 4.96. The van der Waals surface area contributed by atoms with E-state index in [1.54, 1.807) is 12.1 Å². The molecule has 1 fully saturated rings. The van der Waals surface area contributed by atoms with Crippen molar-refractivity contribution in [1.82, 2.24) is 5.32 Å². The second kappa shape index (κ2) is 7.05. The number of amides is 3. The fraction of sp³-hybridized carbons (Fsp3) is 0.429. The van der Waals surface area contributed by atoms with Crippen LogP contribution in [0.2, 0.25) is 0 Å². The number of benzene rings is 1. The molecule has 1 aromatic carbocycles. The Labute approximate surface area is 123 Å². The fourth-order valence-electron chi connectivity index (χ4n) is 2.19. The number of hydrogen-bond donors (Lipinski definition) is 4. The van der Waals surface area contributed by atoms with Crippen LogP contribution in [0.3, 0.4) is 0 Å². The number of carbonyl (C=O) groups is 2. The van der Waals surface area contributed by atoms with Crippen LogP contribution in [0.1, 0.15) is 18.4 Å². The van der Waals surface area contributed by atoms with Gasteiger partial charge in [-0.05, 0) is 30.5 Å². The summed E-state index contributed by atoms with van der Waals surface area (Å²) < 4.78 is 5.53. The predicted molar refractivity (Wildman–Crippen MR) is 78.4 cm³/mol. The molecule has 7 nitrogen and oxygen atoms in total. The molecule has 1 aromatic rings. The molecule has 0 saturated carbocycles. The van der Waals surface area contributed by atoms with E-state index in [0.717, 1.165) is 12.0 Å². The molecular weight excluding hydrogens is 272 g/mol. The molecule has 21 heavy (non-hydrogen) atoms. The molecule has 1 aliphatic heterocycles. The van der Waals surface area contributed by atoms with Gasteiger partial charge in [0.05, 0.1) is 6.10 Å². The zero-order valence-corrected chi connectivity index (χ0v) is 11.7. The quantitative estimate of drug-likeness (QED) is 0.624. The van der Waals surface area contributed by atoms with E-state index in [1.807, 2.05) is 12.1 Å². The molecule has 0 bridgehead atoms. The van der Waals surface area contributed by atoms with Crippen molar-refractivity contribution in [2.24, 2.45) is 11.5 Å². The molecule has 6 N–H and O–H groups in total. The number of rotatable bonds is 5. The van der Waals surface area contributed by atoms with Crippen molar-refractivity contribution >= 4 is 17.6 Å². The third-order valence-electron chi connectivity index (χ3n) is 3.35. The predicted octanol–water partition coefficient (Wildman–Crippen LogP) is 0.300. The number of ether oxygens (including phenoxy) is 1. The van der Waals surface area contributed by atoms with Gasteiger partial charge in [-0.1, -0.05) is 12.1 Å². The van der Waals surface area contributed by atoms with E-state index in [4.69, 9.17) is 16.2 Å². The number of carbonyl (C=O) groups excluding carboxylic acids is 2. The Kier molecular flexibility index (Phi) is 5.13. The standard InChI is InChI=1S/C14H20N4O3/c15-7-11-5-6-12(21-11)13(19)18-10-3-1-9(2-4-10)8-17-14(16)20/h1-4,11-12H,5-8,15H2,(H,18,19)(H3,16,17,20)/t11-,12+/m1/s1. The van der Waals surface area contributed by atoms with Crippen molar-refractivity contribution in [2.75, 3.05) is 11.9 Å². The monoisotopic (exact) mass is 292 g/mol. The summed E-state index contributed by atoms with van der Waals surface area (Å²) in [6, 6.07) is 6.59. The maximum absolute atomic E-state index is 12.0. The Bertz CT molecular complexity index is 503. The maximum Gasteiger partial charge on any atom is 0.312 e. The summed E-state index contributed by atoms with van der Waals surface area (Å²) >= 11 is 0. The smallest absolute Gasteiger partial charge is 0.312 e. The van der Waals surface area contributed by atoms with Gasteiger partial charge in [0.1, 0.15) is 6.10 Å². The Balaban J connectivity index is 1.85. The molecule has 0 unspecified atom stereocenters.